The number of amides is 2. The average molecular weight is 362 g/mol. The van der Waals surface area contributed by atoms with Gasteiger partial charge in [-0.15, -0.1) is 0 Å². The molecule has 0 atom stereocenters. The third-order valence-corrected chi connectivity index (χ3v) is 4.73. The van der Waals surface area contributed by atoms with Crippen LogP contribution in [0.3, 0.4) is 0 Å². The van der Waals surface area contributed by atoms with Crippen molar-refractivity contribution in [3.8, 4) is 5.88 Å². The highest BCUT2D eigenvalue weighted by Crippen LogP contribution is 2.19. The molecule has 1 aromatic heterocycles. The van der Waals surface area contributed by atoms with Gasteiger partial charge in [-0.1, -0.05) is 42.5 Å². The first-order chi connectivity index (χ1) is 13.3. The first kappa shape index (κ1) is 17.3. The molecule has 27 heavy (non-hydrogen) atoms. The van der Waals surface area contributed by atoms with E-state index in [4.69, 9.17) is 4.74 Å². The number of likely N-dealkylation sites (tertiary alicyclic amines) is 1. The number of benzene rings is 2. The van der Waals surface area contributed by atoms with Gasteiger partial charge in [-0.3, -0.25) is 0 Å². The predicted molar refractivity (Wildman–Crippen MR) is 103 cm³/mol. The Morgan fingerprint density at radius 2 is 1.74 bits per heavy atom. The molecule has 138 valence electrons. The molecule has 0 spiro atoms. The van der Waals surface area contributed by atoms with E-state index in [9.17, 15) is 4.79 Å². The van der Waals surface area contributed by atoms with E-state index in [2.05, 4.69) is 15.3 Å². The molecule has 2 heterocycles. The Kier molecular flexibility index (Phi) is 5.14. The molecule has 0 saturated carbocycles. The smallest absolute Gasteiger partial charge is 0.317 e. The molecule has 1 N–H and O–H groups in total. The standard InChI is InChI=1S/C21H22N4O2/c26-21(23-14-16-6-2-1-3-7-16)25-12-10-17(11-13-25)27-20-15-22-18-8-4-5-9-19(18)24-20/h1-9,15,17H,10-14H2,(H,23,26). The molecule has 2 aromatic carbocycles. The van der Waals surface area contributed by atoms with Gasteiger partial charge in [0.15, 0.2) is 0 Å². The van der Waals surface area contributed by atoms with Crippen molar-refractivity contribution in [1.29, 1.82) is 0 Å². The Balaban J connectivity index is 1.27. The van der Waals surface area contributed by atoms with Gasteiger partial charge in [-0.2, -0.15) is 0 Å². The fourth-order valence-electron chi connectivity index (χ4n) is 3.23. The highest BCUT2D eigenvalue weighted by Gasteiger charge is 2.24. The SMILES string of the molecule is O=C(NCc1ccccc1)N1CCC(Oc2cnc3ccccc3n2)CC1. The number of urea groups is 1. The van der Waals surface area contributed by atoms with Gasteiger partial charge < -0.3 is 15.0 Å². The Morgan fingerprint density at radius 3 is 2.52 bits per heavy atom. The predicted octanol–water partition coefficient (Wildman–Crippen LogP) is 3.38. The summed E-state index contributed by atoms with van der Waals surface area (Å²) in [5.74, 6) is 0.542. The van der Waals surface area contributed by atoms with Crippen LogP contribution >= 0.6 is 0 Å². The maximum absolute atomic E-state index is 12.3. The number of nitrogens with one attached hydrogen (secondary N) is 1. The van der Waals surface area contributed by atoms with Gasteiger partial charge in [0, 0.05) is 32.5 Å². The number of aromatic nitrogens is 2. The maximum atomic E-state index is 12.3. The number of fused-ring (bicyclic) bond motifs is 1. The monoisotopic (exact) mass is 362 g/mol. The second-order valence-corrected chi connectivity index (χ2v) is 6.65. The number of hydrogen-bond donors (Lipinski definition) is 1. The molecule has 1 saturated heterocycles. The number of hydrogen-bond acceptors (Lipinski definition) is 4. The summed E-state index contributed by atoms with van der Waals surface area (Å²) in [4.78, 5) is 23.1. The van der Waals surface area contributed by atoms with Crippen molar-refractivity contribution in [3.05, 3.63) is 66.4 Å². The van der Waals surface area contributed by atoms with Gasteiger partial charge in [0.2, 0.25) is 5.88 Å². The Bertz CT molecular complexity index is 908. The van der Waals surface area contributed by atoms with Crippen LogP contribution in [0.1, 0.15) is 18.4 Å². The minimum absolute atomic E-state index is 0.0252. The van der Waals surface area contributed by atoms with E-state index in [0.717, 1.165) is 29.4 Å². The number of rotatable bonds is 4. The van der Waals surface area contributed by atoms with Gasteiger partial charge in [0.1, 0.15) is 6.10 Å². The number of nitrogens with zero attached hydrogens (tertiary/aromatic N) is 3. The molecular formula is C21H22N4O2. The summed E-state index contributed by atoms with van der Waals surface area (Å²) in [6, 6.07) is 17.6. The molecule has 0 unspecified atom stereocenters. The van der Waals surface area contributed by atoms with Crippen molar-refractivity contribution in [3.63, 3.8) is 0 Å². The van der Waals surface area contributed by atoms with Crippen LogP contribution in [-0.2, 0) is 6.54 Å². The van der Waals surface area contributed by atoms with Gasteiger partial charge in [-0.25, -0.2) is 14.8 Å². The third-order valence-electron chi connectivity index (χ3n) is 4.73. The van der Waals surface area contributed by atoms with Crippen LogP contribution in [0.2, 0.25) is 0 Å². The van der Waals surface area contributed by atoms with Crippen molar-refractivity contribution in [1.82, 2.24) is 20.2 Å². The highest BCUT2D eigenvalue weighted by atomic mass is 16.5. The molecule has 6 heteroatoms. The zero-order valence-corrected chi connectivity index (χ0v) is 15.0. The van der Waals surface area contributed by atoms with Crippen LogP contribution in [0.4, 0.5) is 4.79 Å². The molecule has 1 fully saturated rings. The van der Waals surface area contributed by atoms with E-state index in [0.29, 0.717) is 25.5 Å². The summed E-state index contributed by atoms with van der Waals surface area (Å²) in [6.07, 6.45) is 3.29. The van der Waals surface area contributed by atoms with Crippen molar-refractivity contribution >= 4 is 17.1 Å². The lowest BCUT2D eigenvalue weighted by Gasteiger charge is -2.31. The van der Waals surface area contributed by atoms with E-state index in [1.807, 2.05) is 59.5 Å². The fourth-order valence-corrected chi connectivity index (χ4v) is 3.23. The molecule has 1 aliphatic heterocycles. The molecule has 2 amide bonds. The van der Waals surface area contributed by atoms with Crippen molar-refractivity contribution in [2.45, 2.75) is 25.5 Å². The normalized spacial score (nSPS) is 14.9. The molecule has 0 aliphatic carbocycles. The van der Waals surface area contributed by atoms with Gasteiger partial charge in [0.05, 0.1) is 17.2 Å². The zero-order valence-electron chi connectivity index (χ0n) is 15.0. The van der Waals surface area contributed by atoms with Crippen LogP contribution < -0.4 is 10.1 Å². The van der Waals surface area contributed by atoms with Gasteiger partial charge >= 0.3 is 6.03 Å². The molecule has 0 radical (unpaired) electrons. The topological polar surface area (TPSA) is 67.4 Å². The number of ether oxygens (including phenoxy) is 1. The van der Waals surface area contributed by atoms with E-state index in [-0.39, 0.29) is 12.1 Å². The van der Waals surface area contributed by atoms with Crippen LogP contribution in [-0.4, -0.2) is 40.1 Å². The summed E-state index contributed by atoms with van der Waals surface area (Å²) in [7, 11) is 0. The van der Waals surface area contributed by atoms with Crippen molar-refractivity contribution < 1.29 is 9.53 Å². The Labute approximate surface area is 158 Å². The lowest BCUT2D eigenvalue weighted by atomic mass is 10.1. The molecule has 0 bridgehead atoms. The minimum atomic E-state index is -0.0252. The first-order valence-electron chi connectivity index (χ1n) is 9.23. The Morgan fingerprint density at radius 1 is 1.04 bits per heavy atom. The lowest BCUT2D eigenvalue weighted by molar-refractivity contribution is 0.107. The summed E-state index contributed by atoms with van der Waals surface area (Å²) in [5, 5.41) is 2.98. The third kappa shape index (κ3) is 4.34. The van der Waals surface area contributed by atoms with Crippen molar-refractivity contribution in [2.75, 3.05) is 13.1 Å². The lowest BCUT2D eigenvalue weighted by Crippen LogP contribution is -2.46. The van der Waals surface area contributed by atoms with Crippen LogP contribution in [0, 0.1) is 0 Å². The molecule has 6 nitrogen and oxygen atoms in total. The summed E-state index contributed by atoms with van der Waals surface area (Å²) >= 11 is 0. The molecule has 1 aliphatic rings. The average Bonchev–Trinajstić information content (AvgIpc) is 2.73. The number of carbonyl (C=O) groups is 1. The van der Waals surface area contributed by atoms with Crippen molar-refractivity contribution in [2.24, 2.45) is 0 Å². The second-order valence-electron chi connectivity index (χ2n) is 6.65. The molecular weight excluding hydrogens is 340 g/mol. The number of para-hydroxylation sites is 2. The van der Waals surface area contributed by atoms with Gasteiger partial charge in [0.25, 0.3) is 0 Å². The minimum Gasteiger partial charge on any atom is -0.473 e. The Hall–Kier alpha value is -3.15. The van der Waals surface area contributed by atoms with E-state index < -0.39 is 0 Å². The number of carbonyl (C=O) groups excluding carboxylic acids is 1. The molecule has 3 aromatic rings. The number of piperidine rings is 1. The summed E-state index contributed by atoms with van der Waals surface area (Å²) in [6.45, 7) is 1.89. The summed E-state index contributed by atoms with van der Waals surface area (Å²) < 4.78 is 5.99. The second kappa shape index (κ2) is 8.03. The van der Waals surface area contributed by atoms with E-state index in [1.54, 1.807) is 6.20 Å². The van der Waals surface area contributed by atoms with Gasteiger partial charge in [-0.05, 0) is 17.7 Å². The largest absolute Gasteiger partial charge is 0.473 e. The molecule has 4 rings (SSSR count). The maximum Gasteiger partial charge on any atom is 0.317 e. The van der Waals surface area contributed by atoms with Crippen LogP contribution in [0.15, 0.2) is 60.8 Å². The highest BCUT2D eigenvalue weighted by molar-refractivity contribution is 5.74. The quantitative estimate of drug-likeness (QED) is 0.773. The van der Waals surface area contributed by atoms with E-state index >= 15 is 0 Å². The fraction of sp³-hybridized carbons (Fsp3) is 0.286. The first-order valence-corrected chi connectivity index (χ1v) is 9.23. The van der Waals surface area contributed by atoms with Crippen LogP contribution in [0.5, 0.6) is 5.88 Å². The van der Waals surface area contributed by atoms with Crippen LogP contribution in [0.25, 0.3) is 11.0 Å². The van der Waals surface area contributed by atoms with E-state index in [1.165, 1.54) is 0 Å². The zero-order chi connectivity index (χ0) is 18.5. The summed E-state index contributed by atoms with van der Waals surface area (Å²) in [5.41, 5.74) is 2.78.